The summed E-state index contributed by atoms with van der Waals surface area (Å²) in [6.07, 6.45) is 2.96. The average molecular weight is 488 g/mol. The van der Waals surface area contributed by atoms with Crippen molar-refractivity contribution < 1.29 is 4.74 Å². The number of hydrogen-bond donors (Lipinski definition) is 1. The average Bonchev–Trinajstić information content (AvgIpc) is 3.57. The van der Waals surface area contributed by atoms with Crippen LogP contribution in [-0.2, 0) is 0 Å². The predicted octanol–water partition coefficient (Wildman–Crippen LogP) is 4.96. The first-order valence-corrected chi connectivity index (χ1v) is 13.0. The van der Waals surface area contributed by atoms with E-state index in [-0.39, 0.29) is 6.10 Å². The Morgan fingerprint density at radius 3 is 2.71 bits per heavy atom. The highest BCUT2D eigenvalue weighted by molar-refractivity contribution is 7.20. The highest BCUT2D eigenvalue weighted by Gasteiger charge is 2.43. The van der Waals surface area contributed by atoms with Crippen LogP contribution in [-0.4, -0.2) is 56.6 Å². The van der Waals surface area contributed by atoms with Crippen molar-refractivity contribution in [2.24, 2.45) is 0 Å². The second-order valence-corrected chi connectivity index (χ2v) is 10.3. The number of likely N-dealkylation sites (N-methyl/N-ethyl adjacent to an activating group) is 1. The fourth-order valence-electron chi connectivity index (χ4n) is 5.13. The molecule has 1 aromatic carbocycles. The van der Waals surface area contributed by atoms with Crippen molar-refractivity contribution in [3.05, 3.63) is 59.9 Å². The molecule has 4 aromatic rings. The van der Waals surface area contributed by atoms with E-state index in [0.29, 0.717) is 23.1 Å². The number of ether oxygens (including phenoxy) is 1. The lowest BCUT2D eigenvalue weighted by molar-refractivity contribution is 0.226. The summed E-state index contributed by atoms with van der Waals surface area (Å²) >= 11 is 1.51. The number of benzene rings is 1. The van der Waals surface area contributed by atoms with Crippen LogP contribution in [0.3, 0.4) is 0 Å². The molecule has 3 aromatic heterocycles. The van der Waals surface area contributed by atoms with Gasteiger partial charge in [0.2, 0.25) is 5.95 Å². The van der Waals surface area contributed by atoms with Crippen LogP contribution in [0.15, 0.2) is 48.7 Å². The summed E-state index contributed by atoms with van der Waals surface area (Å²) < 4.78 is 7.09. The Kier molecular flexibility index (Phi) is 5.74. The molecular weight excluding hydrogens is 458 g/mol. The van der Waals surface area contributed by atoms with Crippen molar-refractivity contribution in [3.63, 3.8) is 0 Å². The number of aromatic nitrogens is 4. The van der Waals surface area contributed by atoms with E-state index >= 15 is 0 Å². The van der Waals surface area contributed by atoms with E-state index in [1.807, 2.05) is 50.4 Å². The Morgan fingerprint density at radius 1 is 1.09 bits per heavy atom. The Bertz CT molecular complexity index is 1340. The van der Waals surface area contributed by atoms with Crippen LogP contribution in [0.1, 0.15) is 37.6 Å². The van der Waals surface area contributed by atoms with Gasteiger partial charge >= 0.3 is 0 Å². The minimum absolute atomic E-state index is 0.0741. The number of pyridine rings is 1. The number of nitrogens with zero attached hydrogens (tertiary/aromatic N) is 6. The van der Waals surface area contributed by atoms with Crippen molar-refractivity contribution in [3.8, 4) is 5.19 Å². The molecule has 3 atom stereocenters. The maximum atomic E-state index is 6.10. The molecule has 2 fully saturated rings. The number of aryl methyl sites for hydroxylation is 1. The summed E-state index contributed by atoms with van der Waals surface area (Å²) in [7, 11) is 0. The Labute approximate surface area is 209 Å². The second kappa shape index (κ2) is 9.05. The summed E-state index contributed by atoms with van der Waals surface area (Å²) in [4.78, 5) is 23.8. The third-order valence-electron chi connectivity index (χ3n) is 6.92. The van der Waals surface area contributed by atoms with E-state index < -0.39 is 0 Å². The summed E-state index contributed by atoms with van der Waals surface area (Å²) in [5.74, 6) is 2.25. The van der Waals surface area contributed by atoms with Crippen molar-refractivity contribution in [2.75, 3.05) is 29.9 Å². The molecule has 180 valence electrons. The number of rotatable bonds is 7. The normalized spacial score (nSPS) is 20.5. The van der Waals surface area contributed by atoms with Crippen molar-refractivity contribution in [2.45, 2.75) is 45.4 Å². The van der Waals surface area contributed by atoms with E-state index in [0.717, 1.165) is 52.9 Å². The first-order chi connectivity index (χ1) is 17.1. The fourth-order valence-corrected chi connectivity index (χ4v) is 5.97. The molecule has 2 saturated heterocycles. The molecule has 1 N–H and O–H groups in total. The van der Waals surface area contributed by atoms with E-state index in [9.17, 15) is 0 Å². The summed E-state index contributed by atoms with van der Waals surface area (Å²) in [6, 6.07) is 15.2. The third-order valence-corrected chi connectivity index (χ3v) is 7.81. The van der Waals surface area contributed by atoms with Gasteiger partial charge in [-0.3, -0.25) is 4.90 Å². The molecule has 2 bridgehead atoms. The molecule has 0 aliphatic carbocycles. The molecule has 0 amide bonds. The molecule has 2 aliphatic rings. The lowest BCUT2D eigenvalue weighted by Gasteiger charge is -2.33. The van der Waals surface area contributed by atoms with E-state index in [1.165, 1.54) is 17.8 Å². The van der Waals surface area contributed by atoms with Crippen LogP contribution in [0.25, 0.3) is 10.2 Å². The molecule has 9 heteroatoms. The summed E-state index contributed by atoms with van der Waals surface area (Å²) in [5.41, 5.74) is 2.91. The van der Waals surface area contributed by atoms with Gasteiger partial charge in [0.15, 0.2) is 0 Å². The number of piperazine rings is 1. The molecule has 8 nitrogen and oxygen atoms in total. The van der Waals surface area contributed by atoms with E-state index in [2.05, 4.69) is 39.2 Å². The Morgan fingerprint density at radius 2 is 1.94 bits per heavy atom. The SMILES string of the molecule is CCN1C[C@@H]2C[C@H]1CN2c1nc(C)cc(Nc2cc3nc(O[C@H](C)c4ccccc4)sc3cn2)n1. The molecule has 0 saturated carbocycles. The van der Waals surface area contributed by atoms with Gasteiger partial charge in [-0.05, 0) is 32.4 Å². The van der Waals surface area contributed by atoms with Gasteiger partial charge in [-0.25, -0.2) is 15.0 Å². The largest absolute Gasteiger partial charge is 0.462 e. The first kappa shape index (κ1) is 22.2. The van der Waals surface area contributed by atoms with Gasteiger partial charge in [0.25, 0.3) is 5.19 Å². The van der Waals surface area contributed by atoms with Gasteiger partial charge in [-0.15, -0.1) is 0 Å². The van der Waals surface area contributed by atoms with Crippen molar-refractivity contribution in [1.82, 2.24) is 24.8 Å². The zero-order valence-electron chi connectivity index (χ0n) is 20.2. The van der Waals surface area contributed by atoms with Crippen LogP contribution < -0.4 is 15.0 Å². The monoisotopic (exact) mass is 487 g/mol. The minimum atomic E-state index is -0.0741. The van der Waals surface area contributed by atoms with E-state index in [1.54, 1.807) is 0 Å². The van der Waals surface area contributed by atoms with Gasteiger partial charge in [-0.2, -0.15) is 4.98 Å². The van der Waals surface area contributed by atoms with Gasteiger partial charge in [-0.1, -0.05) is 48.6 Å². The zero-order valence-corrected chi connectivity index (χ0v) is 21.0. The minimum Gasteiger partial charge on any atom is -0.462 e. The molecule has 35 heavy (non-hydrogen) atoms. The number of hydrogen-bond acceptors (Lipinski definition) is 9. The molecule has 6 rings (SSSR count). The number of likely N-dealkylation sites (tertiary alicyclic amines) is 1. The van der Waals surface area contributed by atoms with Crippen LogP contribution in [0.2, 0.25) is 0 Å². The van der Waals surface area contributed by atoms with Crippen molar-refractivity contribution in [1.29, 1.82) is 0 Å². The topological polar surface area (TPSA) is 79.3 Å². The lowest BCUT2D eigenvalue weighted by atomic mass is 10.1. The number of nitrogens with one attached hydrogen (secondary N) is 1. The molecule has 0 spiro atoms. The number of fused-ring (bicyclic) bond motifs is 3. The van der Waals surface area contributed by atoms with Crippen LogP contribution in [0, 0.1) is 6.92 Å². The zero-order chi connectivity index (χ0) is 23.9. The first-order valence-electron chi connectivity index (χ1n) is 12.2. The highest BCUT2D eigenvalue weighted by Crippen LogP contribution is 2.34. The van der Waals surface area contributed by atoms with Gasteiger partial charge in [0, 0.05) is 49.2 Å². The number of thiazole rings is 1. The van der Waals surface area contributed by atoms with Gasteiger partial charge < -0.3 is 15.0 Å². The standard InChI is InChI=1S/C26H29N7OS/c1-4-32-14-20-11-19(32)15-33(20)25-28-16(2)10-24(31-25)30-23-12-21-22(13-27-23)35-26(29-21)34-17(3)18-8-6-5-7-9-18/h5-10,12-13,17,19-20H,4,11,14-15H2,1-3H3,(H,27,28,30,31)/t17-,19+,20+/m1/s1. The Hall–Kier alpha value is -3.30. The predicted molar refractivity (Wildman–Crippen MR) is 140 cm³/mol. The van der Waals surface area contributed by atoms with E-state index in [4.69, 9.17) is 19.7 Å². The van der Waals surface area contributed by atoms with Crippen LogP contribution in [0.5, 0.6) is 5.19 Å². The lowest BCUT2D eigenvalue weighted by Crippen LogP contribution is -2.46. The van der Waals surface area contributed by atoms with Crippen LogP contribution in [0.4, 0.5) is 17.6 Å². The highest BCUT2D eigenvalue weighted by atomic mass is 32.1. The summed E-state index contributed by atoms with van der Waals surface area (Å²) in [6.45, 7) is 9.48. The maximum absolute atomic E-state index is 6.10. The van der Waals surface area contributed by atoms with Crippen molar-refractivity contribution >= 4 is 39.1 Å². The van der Waals surface area contributed by atoms with Crippen LogP contribution >= 0.6 is 11.3 Å². The summed E-state index contributed by atoms with van der Waals surface area (Å²) in [5, 5.41) is 4.00. The fraction of sp³-hybridized carbons (Fsp3) is 0.385. The Balaban J connectivity index is 1.19. The van der Waals surface area contributed by atoms with Gasteiger partial charge in [0.05, 0.1) is 10.2 Å². The molecule has 5 heterocycles. The second-order valence-electron chi connectivity index (χ2n) is 9.29. The molecule has 0 radical (unpaired) electrons. The number of anilines is 3. The van der Waals surface area contributed by atoms with Gasteiger partial charge in [0.1, 0.15) is 17.7 Å². The third kappa shape index (κ3) is 4.41. The molecule has 0 unspecified atom stereocenters. The maximum Gasteiger partial charge on any atom is 0.274 e. The quantitative estimate of drug-likeness (QED) is 0.392. The molecule has 2 aliphatic heterocycles. The smallest absolute Gasteiger partial charge is 0.274 e. The molecular formula is C26H29N7OS.